The Labute approximate surface area is 78.9 Å². The molecule has 1 aromatic rings. The first-order valence-electron chi connectivity index (χ1n) is 4.83. The van der Waals surface area contributed by atoms with E-state index in [-0.39, 0.29) is 11.6 Å². The Kier molecular flexibility index (Phi) is 1.74. The highest BCUT2D eigenvalue weighted by Gasteiger charge is 2.27. The van der Waals surface area contributed by atoms with Gasteiger partial charge in [0.25, 0.3) is 0 Å². The minimum absolute atomic E-state index is 0.0810. The lowest BCUT2D eigenvalue weighted by Crippen LogP contribution is -2.24. The zero-order chi connectivity index (χ0) is 9.64. The van der Waals surface area contributed by atoms with Crippen molar-refractivity contribution in [1.82, 2.24) is 9.78 Å². The van der Waals surface area contributed by atoms with Crippen LogP contribution in [0.3, 0.4) is 0 Å². The molecule has 0 saturated carbocycles. The lowest BCUT2D eigenvalue weighted by molar-refractivity contribution is 0.344. The van der Waals surface area contributed by atoms with Crippen LogP contribution in [0.4, 0.5) is 0 Å². The molecule has 0 spiro atoms. The number of fused-ring (bicyclic) bond motifs is 1. The van der Waals surface area contributed by atoms with Crippen LogP contribution >= 0.6 is 0 Å². The molecule has 0 bridgehead atoms. The Morgan fingerprint density at radius 3 is 2.85 bits per heavy atom. The third-order valence-corrected chi connectivity index (χ3v) is 2.63. The summed E-state index contributed by atoms with van der Waals surface area (Å²) >= 11 is 0. The third kappa shape index (κ3) is 1.27. The smallest absolute Gasteiger partial charge is 0.0546 e. The van der Waals surface area contributed by atoms with Gasteiger partial charge in [-0.1, -0.05) is 0 Å². The van der Waals surface area contributed by atoms with Gasteiger partial charge < -0.3 is 5.73 Å². The van der Waals surface area contributed by atoms with Crippen molar-refractivity contribution < 1.29 is 0 Å². The zero-order valence-corrected chi connectivity index (χ0v) is 8.54. The Bertz CT molecular complexity index is 319. The van der Waals surface area contributed by atoms with Crippen molar-refractivity contribution >= 4 is 0 Å². The Hall–Kier alpha value is -0.830. The van der Waals surface area contributed by atoms with Crippen molar-refractivity contribution in [3.05, 3.63) is 17.5 Å². The van der Waals surface area contributed by atoms with E-state index in [0.717, 1.165) is 12.8 Å². The van der Waals surface area contributed by atoms with Crippen molar-refractivity contribution in [1.29, 1.82) is 0 Å². The predicted octanol–water partition coefficient (Wildman–Crippen LogP) is 1.58. The zero-order valence-electron chi connectivity index (χ0n) is 8.54. The van der Waals surface area contributed by atoms with E-state index in [1.165, 1.54) is 11.3 Å². The molecule has 0 saturated heterocycles. The van der Waals surface area contributed by atoms with Crippen LogP contribution in [0.5, 0.6) is 0 Å². The van der Waals surface area contributed by atoms with Gasteiger partial charge in [-0.05, 0) is 33.6 Å². The maximum absolute atomic E-state index is 5.95. The van der Waals surface area contributed by atoms with E-state index in [1.54, 1.807) is 0 Å². The highest BCUT2D eigenvalue weighted by Crippen LogP contribution is 2.31. The van der Waals surface area contributed by atoms with E-state index in [1.807, 2.05) is 6.20 Å². The normalized spacial score (nSPS) is 22.0. The minimum Gasteiger partial charge on any atom is -0.324 e. The summed E-state index contributed by atoms with van der Waals surface area (Å²) in [4.78, 5) is 0. The topological polar surface area (TPSA) is 43.8 Å². The quantitative estimate of drug-likeness (QED) is 0.657. The third-order valence-electron chi connectivity index (χ3n) is 2.63. The number of rotatable bonds is 0. The Morgan fingerprint density at radius 2 is 2.23 bits per heavy atom. The average Bonchev–Trinajstić information content (AvgIpc) is 2.51. The molecule has 1 atom stereocenters. The van der Waals surface area contributed by atoms with E-state index >= 15 is 0 Å². The fourth-order valence-electron chi connectivity index (χ4n) is 1.97. The highest BCUT2D eigenvalue weighted by atomic mass is 15.3. The highest BCUT2D eigenvalue weighted by molar-refractivity contribution is 5.27. The van der Waals surface area contributed by atoms with Crippen LogP contribution < -0.4 is 5.73 Å². The number of hydrogen-bond acceptors (Lipinski definition) is 2. The van der Waals surface area contributed by atoms with E-state index in [0.29, 0.717) is 0 Å². The van der Waals surface area contributed by atoms with E-state index in [4.69, 9.17) is 5.73 Å². The maximum atomic E-state index is 5.95. The fourth-order valence-corrected chi connectivity index (χ4v) is 1.97. The summed E-state index contributed by atoms with van der Waals surface area (Å²) < 4.78 is 2.11. The fraction of sp³-hybridized carbons (Fsp3) is 0.700. The first-order valence-corrected chi connectivity index (χ1v) is 4.83. The number of nitrogens with two attached hydrogens (primary N) is 1. The summed E-state index contributed by atoms with van der Waals surface area (Å²) in [5.74, 6) is 0. The molecular formula is C10H17N3. The van der Waals surface area contributed by atoms with Gasteiger partial charge in [0, 0.05) is 17.3 Å². The molecule has 0 unspecified atom stereocenters. The molecule has 0 aromatic carbocycles. The van der Waals surface area contributed by atoms with Gasteiger partial charge in [0.05, 0.1) is 11.7 Å². The van der Waals surface area contributed by atoms with Gasteiger partial charge in [-0.25, -0.2) is 0 Å². The van der Waals surface area contributed by atoms with Crippen LogP contribution in [-0.4, -0.2) is 9.78 Å². The lowest BCUT2D eigenvalue weighted by Gasteiger charge is -2.21. The maximum Gasteiger partial charge on any atom is 0.0546 e. The first-order chi connectivity index (χ1) is 6.00. The van der Waals surface area contributed by atoms with Crippen LogP contribution in [0.15, 0.2) is 6.20 Å². The molecule has 1 aromatic heterocycles. The lowest BCUT2D eigenvalue weighted by atomic mass is 10.1. The molecule has 3 heteroatoms. The number of hydrogen-bond donors (Lipinski definition) is 1. The molecule has 2 rings (SSSR count). The molecule has 0 radical (unpaired) electrons. The molecule has 0 aliphatic heterocycles. The molecule has 2 N–H and O–H groups in total. The van der Waals surface area contributed by atoms with Gasteiger partial charge in [-0.15, -0.1) is 0 Å². The molecule has 13 heavy (non-hydrogen) atoms. The second-order valence-corrected chi connectivity index (χ2v) is 4.77. The molecule has 1 aliphatic rings. The molecule has 3 nitrogen and oxygen atoms in total. The van der Waals surface area contributed by atoms with Crippen LogP contribution in [0, 0.1) is 0 Å². The van der Waals surface area contributed by atoms with E-state index in [9.17, 15) is 0 Å². The first kappa shape index (κ1) is 8.75. The van der Waals surface area contributed by atoms with E-state index in [2.05, 4.69) is 30.6 Å². The van der Waals surface area contributed by atoms with Gasteiger partial charge >= 0.3 is 0 Å². The van der Waals surface area contributed by atoms with Crippen LogP contribution in [0.1, 0.15) is 44.5 Å². The standard InChI is InChI=1S/C10H17N3/c1-10(2,3)13-9-5-4-8(11)7(9)6-12-13/h6,8H,4-5,11H2,1-3H3/t8-/m1/s1. The number of nitrogens with zero attached hydrogens (tertiary/aromatic N) is 2. The van der Waals surface area contributed by atoms with Crippen molar-refractivity contribution in [2.45, 2.75) is 45.2 Å². The minimum atomic E-state index is 0.0810. The van der Waals surface area contributed by atoms with Crippen molar-refractivity contribution in [2.75, 3.05) is 0 Å². The molecular weight excluding hydrogens is 162 g/mol. The molecule has 1 aliphatic carbocycles. The van der Waals surface area contributed by atoms with Gasteiger partial charge in [-0.2, -0.15) is 5.10 Å². The van der Waals surface area contributed by atoms with Gasteiger partial charge in [0.2, 0.25) is 0 Å². The summed E-state index contributed by atoms with van der Waals surface area (Å²) in [6.45, 7) is 6.51. The van der Waals surface area contributed by atoms with Crippen LogP contribution in [0.2, 0.25) is 0 Å². The summed E-state index contributed by atoms with van der Waals surface area (Å²) in [7, 11) is 0. The van der Waals surface area contributed by atoms with Gasteiger partial charge in [-0.3, -0.25) is 4.68 Å². The van der Waals surface area contributed by atoms with Gasteiger partial charge in [0.15, 0.2) is 0 Å². The molecule has 1 heterocycles. The van der Waals surface area contributed by atoms with Crippen molar-refractivity contribution in [3.63, 3.8) is 0 Å². The summed E-state index contributed by atoms with van der Waals surface area (Å²) in [5.41, 5.74) is 8.61. The largest absolute Gasteiger partial charge is 0.324 e. The molecule has 0 amide bonds. The van der Waals surface area contributed by atoms with E-state index < -0.39 is 0 Å². The second-order valence-electron chi connectivity index (χ2n) is 4.77. The Balaban J connectivity index is 2.47. The van der Waals surface area contributed by atoms with Crippen LogP contribution in [0.25, 0.3) is 0 Å². The molecule has 0 fully saturated rings. The summed E-state index contributed by atoms with van der Waals surface area (Å²) in [5, 5.41) is 4.40. The monoisotopic (exact) mass is 179 g/mol. The van der Waals surface area contributed by atoms with Crippen molar-refractivity contribution in [2.24, 2.45) is 5.73 Å². The van der Waals surface area contributed by atoms with Gasteiger partial charge in [0.1, 0.15) is 0 Å². The predicted molar refractivity (Wildman–Crippen MR) is 52.5 cm³/mol. The summed E-state index contributed by atoms with van der Waals surface area (Å²) in [6, 6.07) is 0.214. The number of aromatic nitrogens is 2. The second kappa shape index (κ2) is 2.58. The van der Waals surface area contributed by atoms with Crippen LogP contribution in [-0.2, 0) is 12.0 Å². The summed E-state index contributed by atoms with van der Waals surface area (Å²) in [6.07, 6.45) is 4.08. The SMILES string of the molecule is CC(C)(C)n1ncc2c1CC[C@H]2N. The molecule has 72 valence electrons. The van der Waals surface area contributed by atoms with Crippen molar-refractivity contribution in [3.8, 4) is 0 Å². The Morgan fingerprint density at radius 1 is 1.54 bits per heavy atom. The average molecular weight is 179 g/mol.